The number of hydrogen-bond donors (Lipinski definition) is 0. The van der Waals surface area contributed by atoms with Gasteiger partial charge >= 0.3 is 0 Å². The lowest BCUT2D eigenvalue weighted by Gasteiger charge is -2.06. The molecule has 0 atom stereocenters. The number of tetrazole rings is 1. The van der Waals surface area contributed by atoms with Crippen LogP contribution in [0, 0.1) is 13.8 Å². The minimum atomic E-state index is 0.221. The molecular weight excluding hydrogens is 236 g/mol. The minimum Gasteiger partial charge on any atom is -0.228 e. The summed E-state index contributed by atoms with van der Waals surface area (Å²) in [7, 11) is 0. The molecule has 0 fully saturated rings. The van der Waals surface area contributed by atoms with Gasteiger partial charge in [-0.25, -0.2) is 14.6 Å². The zero-order chi connectivity index (χ0) is 12.4. The van der Waals surface area contributed by atoms with Crippen molar-refractivity contribution in [1.82, 2.24) is 30.2 Å². The van der Waals surface area contributed by atoms with Crippen LogP contribution in [0.4, 0.5) is 0 Å². The summed E-state index contributed by atoms with van der Waals surface area (Å²) in [4.78, 5) is 8.70. The van der Waals surface area contributed by atoms with E-state index in [9.17, 15) is 0 Å². The minimum absolute atomic E-state index is 0.221. The molecule has 90 valence electrons. The predicted octanol–water partition coefficient (Wildman–Crippen LogP) is 1.81. The number of rotatable bonds is 3. The molecule has 0 unspecified atom stereocenters. The average molecular weight is 250 g/mol. The predicted molar refractivity (Wildman–Crippen MR) is 63.8 cm³/mol. The number of nitrogens with zero attached hydrogens (tertiary/aromatic N) is 6. The first kappa shape index (κ1) is 12.0. The van der Waals surface area contributed by atoms with E-state index in [0.717, 1.165) is 11.4 Å². The molecule has 0 aromatic carbocycles. The molecule has 7 heteroatoms. The van der Waals surface area contributed by atoms with Crippen molar-refractivity contribution in [2.45, 2.75) is 44.0 Å². The molecule has 2 heterocycles. The van der Waals surface area contributed by atoms with Gasteiger partial charge in [0.15, 0.2) is 5.16 Å². The van der Waals surface area contributed by atoms with Crippen molar-refractivity contribution in [3.05, 3.63) is 17.5 Å². The van der Waals surface area contributed by atoms with Crippen LogP contribution < -0.4 is 0 Å². The first-order chi connectivity index (χ1) is 8.06. The van der Waals surface area contributed by atoms with Crippen LogP contribution in [0.5, 0.6) is 0 Å². The normalized spacial score (nSPS) is 11.1. The van der Waals surface area contributed by atoms with Crippen molar-refractivity contribution in [1.29, 1.82) is 0 Å². The summed E-state index contributed by atoms with van der Waals surface area (Å²) < 4.78 is 1.76. The van der Waals surface area contributed by atoms with Crippen LogP contribution in [0.25, 0.3) is 0 Å². The fraction of sp³-hybridized carbons (Fsp3) is 0.500. The molecule has 6 nitrogen and oxygen atoms in total. The van der Waals surface area contributed by atoms with Crippen LogP contribution in [0.15, 0.2) is 16.4 Å². The van der Waals surface area contributed by atoms with Crippen LogP contribution in [-0.4, -0.2) is 30.2 Å². The molecule has 0 aliphatic rings. The van der Waals surface area contributed by atoms with E-state index < -0.39 is 0 Å². The van der Waals surface area contributed by atoms with Gasteiger partial charge in [0.05, 0.1) is 6.04 Å². The SMILES string of the molecule is Cc1cc(C)nc(Sc2nnnn2C(C)C)n1. The molecule has 2 aromatic heterocycles. The van der Waals surface area contributed by atoms with Crippen molar-refractivity contribution in [2.75, 3.05) is 0 Å². The van der Waals surface area contributed by atoms with E-state index in [2.05, 4.69) is 25.5 Å². The third-order valence-corrected chi connectivity index (χ3v) is 2.91. The summed E-state index contributed by atoms with van der Waals surface area (Å²) in [6, 6.07) is 2.16. The Kier molecular flexibility index (Phi) is 3.37. The van der Waals surface area contributed by atoms with Gasteiger partial charge in [-0.2, -0.15) is 0 Å². The van der Waals surface area contributed by atoms with Gasteiger partial charge < -0.3 is 0 Å². The van der Waals surface area contributed by atoms with E-state index >= 15 is 0 Å². The Hall–Kier alpha value is -1.50. The van der Waals surface area contributed by atoms with E-state index in [1.54, 1.807) is 4.68 Å². The highest BCUT2D eigenvalue weighted by molar-refractivity contribution is 7.99. The van der Waals surface area contributed by atoms with Crippen LogP contribution in [0.1, 0.15) is 31.3 Å². The molecule has 17 heavy (non-hydrogen) atoms. The standard InChI is InChI=1S/C10H14N6S/c1-6(2)16-10(13-14-15-16)17-9-11-7(3)5-8(4)12-9/h5-6H,1-4H3. The average Bonchev–Trinajstić information content (AvgIpc) is 2.63. The molecule has 0 aliphatic carbocycles. The molecule has 0 bridgehead atoms. The van der Waals surface area contributed by atoms with Crippen LogP contribution in [0.3, 0.4) is 0 Å². The van der Waals surface area contributed by atoms with Crippen molar-refractivity contribution in [3.63, 3.8) is 0 Å². The lowest BCUT2D eigenvalue weighted by Crippen LogP contribution is -2.05. The van der Waals surface area contributed by atoms with E-state index in [1.807, 2.05) is 33.8 Å². The zero-order valence-electron chi connectivity index (χ0n) is 10.2. The van der Waals surface area contributed by atoms with Crippen molar-refractivity contribution >= 4 is 11.8 Å². The quantitative estimate of drug-likeness (QED) is 0.774. The molecule has 2 rings (SSSR count). The Morgan fingerprint density at radius 3 is 2.41 bits per heavy atom. The molecule has 0 aliphatic heterocycles. The molecule has 0 saturated carbocycles. The maximum Gasteiger partial charge on any atom is 0.217 e. The van der Waals surface area contributed by atoms with E-state index in [4.69, 9.17) is 0 Å². The maximum atomic E-state index is 4.35. The first-order valence-electron chi connectivity index (χ1n) is 5.34. The Bertz CT molecular complexity index is 501. The topological polar surface area (TPSA) is 69.4 Å². The summed E-state index contributed by atoms with van der Waals surface area (Å²) in [5, 5.41) is 13.0. The number of aromatic nitrogens is 6. The highest BCUT2D eigenvalue weighted by Crippen LogP contribution is 2.23. The molecule has 0 radical (unpaired) electrons. The summed E-state index contributed by atoms with van der Waals surface area (Å²) >= 11 is 1.38. The highest BCUT2D eigenvalue weighted by atomic mass is 32.2. The van der Waals surface area contributed by atoms with Gasteiger partial charge in [0.2, 0.25) is 5.16 Å². The van der Waals surface area contributed by atoms with Gasteiger partial charge in [0, 0.05) is 11.4 Å². The fourth-order valence-electron chi connectivity index (χ4n) is 1.40. The Morgan fingerprint density at radius 2 is 1.82 bits per heavy atom. The van der Waals surface area contributed by atoms with E-state index in [1.165, 1.54) is 11.8 Å². The largest absolute Gasteiger partial charge is 0.228 e. The lowest BCUT2D eigenvalue weighted by atomic mass is 10.4. The number of aryl methyl sites for hydroxylation is 2. The summed E-state index contributed by atoms with van der Waals surface area (Å²) in [5.41, 5.74) is 1.90. The Balaban J connectivity index is 2.28. The first-order valence-corrected chi connectivity index (χ1v) is 6.16. The van der Waals surface area contributed by atoms with Gasteiger partial charge in [-0.3, -0.25) is 0 Å². The highest BCUT2D eigenvalue weighted by Gasteiger charge is 2.12. The smallest absolute Gasteiger partial charge is 0.217 e. The molecule has 0 amide bonds. The molecular formula is C10H14N6S. The fourth-order valence-corrected chi connectivity index (χ4v) is 2.36. The van der Waals surface area contributed by atoms with Gasteiger partial charge in [-0.15, -0.1) is 5.10 Å². The van der Waals surface area contributed by atoms with Gasteiger partial charge in [-0.1, -0.05) is 0 Å². The van der Waals surface area contributed by atoms with Crippen LogP contribution in [0.2, 0.25) is 0 Å². The number of hydrogen-bond acceptors (Lipinski definition) is 6. The molecule has 2 aromatic rings. The van der Waals surface area contributed by atoms with Crippen LogP contribution in [-0.2, 0) is 0 Å². The monoisotopic (exact) mass is 250 g/mol. The van der Waals surface area contributed by atoms with Gasteiger partial charge in [0.25, 0.3) is 0 Å². The summed E-state index contributed by atoms with van der Waals surface area (Å²) in [6.45, 7) is 7.96. The molecule has 0 spiro atoms. The summed E-state index contributed by atoms with van der Waals surface area (Å²) in [6.07, 6.45) is 0. The molecule has 0 N–H and O–H groups in total. The summed E-state index contributed by atoms with van der Waals surface area (Å²) in [5.74, 6) is 0. The third-order valence-electron chi connectivity index (χ3n) is 2.10. The molecule has 0 saturated heterocycles. The van der Waals surface area contributed by atoms with Crippen molar-refractivity contribution in [3.8, 4) is 0 Å². The second-order valence-corrected chi connectivity index (χ2v) is 4.97. The third kappa shape index (κ3) is 2.79. The van der Waals surface area contributed by atoms with Gasteiger partial charge in [0.1, 0.15) is 0 Å². The van der Waals surface area contributed by atoms with Crippen molar-refractivity contribution < 1.29 is 0 Å². The Morgan fingerprint density at radius 1 is 1.18 bits per heavy atom. The second kappa shape index (κ2) is 4.79. The maximum absolute atomic E-state index is 4.35. The lowest BCUT2D eigenvalue weighted by molar-refractivity contribution is 0.477. The second-order valence-electron chi connectivity index (χ2n) is 4.04. The zero-order valence-corrected chi connectivity index (χ0v) is 11.1. The van der Waals surface area contributed by atoms with Crippen molar-refractivity contribution in [2.24, 2.45) is 0 Å². The van der Waals surface area contributed by atoms with E-state index in [0.29, 0.717) is 10.3 Å². The van der Waals surface area contributed by atoms with Gasteiger partial charge in [-0.05, 0) is 55.9 Å². The van der Waals surface area contributed by atoms with Crippen LogP contribution >= 0.6 is 11.8 Å². The van der Waals surface area contributed by atoms with E-state index in [-0.39, 0.29) is 6.04 Å². The Labute approximate surface area is 104 Å².